The molecule has 2 aliphatic rings. The lowest BCUT2D eigenvalue weighted by atomic mass is 9.83. The van der Waals surface area contributed by atoms with Crippen molar-refractivity contribution in [1.82, 2.24) is 5.32 Å². The predicted octanol–water partition coefficient (Wildman–Crippen LogP) is 4.02. The highest BCUT2D eigenvalue weighted by Crippen LogP contribution is 2.36. The second-order valence-electron chi connectivity index (χ2n) is 8.96. The first-order chi connectivity index (χ1) is 14.0. The molecule has 0 aromatic heterocycles. The SMILES string of the molecule is Cc1ccc(N2CCN3c4ccccc4CC(C(=O)NCCC(C)C)C3C2)cc1. The number of carbonyl (C=O) groups is 1. The minimum Gasteiger partial charge on any atom is -0.368 e. The fourth-order valence-electron chi connectivity index (χ4n) is 4.66. The Hall–Kier alpha value is -2.49. The Balaban J connectivity index is 1.57. The van der Waals surface area contributed by atoms with Crippen molar-refractivity contribution in [2.45, 2.75) is 39.7 Å². The second kappa shape index (κ2) is 8.48. The van der Waals surface area contributed by atoms with E-state index in [0.717, 1.165) is 39.0 Å². The summed E-state index contributed by atoms with van der Waals surface area (Å²) in [5, 5.41) is 3.23. The molecule has 2 heterocycles. The van der Waals surface area contributed by atoms with E-state index in [1.54, 1.807) is 0 Å². The Morgan fingerprint density at radius 1 is 1.10 bits per heavy atom. The minimum absolute atomic E-state index is 0.00897. The molecule has 2 atom stereocenters. The van der Waals surface area contributed by atoms with Crippen molar-refractivity contribution in [1.29, 1.82) is 0 Å². The molecule has 1 fully saturated rings. The molecule has 2 unspecified atom stereocenters. The number of piperazine rings is 1. The third kappa shape index (κ3) is 4.26. The van der Waals surface area contributed by atoms with Gasteiger partial charge in [0.1, 0.15) is 0 Å². The number of benzene rings is 2. The average Bonchev–Trinajstić information content (AvgIpc) is 2.73. The van der Waals surface area contributed by atoms with Crippen LogP contribution in [0.1, 0.15) is 31.4 Å². The summed E-state index contributed by atoms with van der Waals surface area (Å²) in [5.74, 6) is 0.803. The Morgan fingerprint density at radius 2 is 1.86 bits per heavy atom. The zero-order valence-corrected chi connectivity index (χ0v) is 17.9. The monoisotopic (exact) mass is 391 g/mol. The van der Waals surface area contributed by atoms with Crippen LogP contribution in [0.2, 0.25) is 0 Å². The number of anilines is 2. The fourth-order valence-corrected chi connectivity index (χ4v) is 4.66. The van der Waals surface area contributed by atoms with Crippen molar-refractivity contribution in [3.63, 3.8) is 0 Å². The maximum absolute atomic E-state index is 13.2. The Labute approximate surface area is 174 Å². The molecule has 0 spiro atoms. The standard InChI is InChI=1S/C25H33N3O/c1-18(2)12-13-26-25(29)22-16-20-6-4-5-7-23(20)28-15-14-27(17-24(22)28)21-10-8-19(3)9-11-21/h4-11,18,22,24H,12-17H2,1-3H3,(H,26,29). The molecule has 2 aliphatic heterocycles. The fraction of sp³-hybridized carbons (Fsp3) is 0.480. The van der Waals surface area contributed by atoms with Gasteiger partial charge in [0, 0.05) is 37.6 Å². The molecule has 1 amide bonds. The number of hydrogen-bond acceptors (Lipinski definition) is 3. The van der Waals surface area contributed by atoms with E-state index in [4.69, 9.17) is 0 Å². The summed E-state index contributed by atoms with van der Waals surface area (Å²) in [7, 11) is 0. The van der Waals surface area contributed by atoms with E-state index in [1.807, 2.05) is 0 Å². The minimum atomic E-state index is -0.00897. The number of hydrogen-bond donors (Lipinski definition) is 1. The van der Waals surface area contributed by atoms with E-state index in [1.165, 1.54) is 22.5 Å². The molecule has 2 aromatic carbocycles. The molecule has 4 nitrogen and oxygen atoms in total. The van der Waals surface area contributed by atoms with Gasteiger partial charge in [0.2, 0.25) is 5.91 Å². The summed E-state index contributed by atoms with van der Waals surface area (Å²) >= 11 is 0. The first kappa shape index (κ1) is 19.8. The summed E-state index contributed by atoms with van der Waals surface area (Å²) in [6.07, 6.45) is 1.85. The van der Waals surface area contributed by atoms with Crippen molar-refractivity contribution >= 4 is 17.3 Å². The molecule has 4 rings (SSSR count). The van der Waals surface area contributed by atoms with E-state index >= 15 is 0 Å². The third-order valence-corrected chi connectivity index (χ3v) is 6.38. The van der Waals surface area contributed by atoms with Crippen LogP contribution in [0.3, 0.4) is 0 Å². The van der Waals surface area contributed by atoms with E-state index in [-0.39, 0.29) is 17.9 Å². The van der Waals surface area contributed by atoms with Crippen molar-refractivity contribution in [3.8, 4) is 0 Å². The van der Waals surface area contributed by atoms with Gasteiger partial charge < -0.3 is 15.1 Å². The van der Waals surface area contributed by atoms with E-state index < -0.39 is 0 Å². The number of rotatable bonds is 5. The largest absolute Gasteiger partial charge is 0.368 e. The number of amides is 1. The molecule has 2 aromatic rings. The molecule has 0 aliphatic carbocycles. The predicted molar refractivity (Wildman–Crippen MR) is 121 cm³/mol. The van der Waals surface area contributed by atoms with Gasteiger partial charge in [0.25, 0.3) is 0 Å². The van der Waals surface area contributed by atoms with Crippen LogP contribution in [0.4, 0.5) is 11.4 Å². The lowest BCUT2D eigenvalue weighted by Crippen LogP contribution is -2.61. The summed E-state index contributed by atoms with van der Waals surface area (Å²) in [5.41, 5.74) is 5.15. The van der Waals surface area contributed by atoms with Crippen LogP contribution < -0.4 is 15.1 Å². The smallest absolute Gasteiger partial charge is 0.225 e. The Kier molecular flexibility index (Phi) is 5.79. The van der Waals surface area contributed by atoms with Gasteiger partial charge in [0.15, 0.2) is 0 Å². The highest BCUT2D eigenvalue weighted by molar-refractivity contribution is 5.82. The zero-order chi connectivity index (χ0) is 20.4. The van der Waals surface area contributed by atoms with Gasteiger partial charge >= 0.3 is 0 Å². The number of nitrogens with one attached hydrogen (secondary N) is 1. The van der Waals surface area contributed by atoms with Gasteiger partial charge in [-0.15, -0.1) is 0 Å². The zero-order valence-electron chi connectivity index (χ0n) is 17.9. The van der Waals surface area contributed by atoms with Crippen LogP contribution in [0.25, 0.3) is 0 Å². The topological polar surface area (TPSA) is 35.6 Å². The van der Waals surface area contributed by atoms with Gasteiger partial charge in [-0.3, -0.25) is 4.79 Å². The number of nitrogens with zero attached hydrogens (tertiary/aromatic N) is 2. The maximum Gasteiger partial charge on any atom is 0.225 e. The van der Waals surface area contributed by atoms with Gasteiger partial charge in [-0.1, -0.05) is 49.7 Å². The normalized spacial score (nSPS) is 21.0. The van der Waals surface area contributed by atoms with Crippen molar-refractivity contribution in [2.24, 2.45) is 11.8 Å². The molecular formula is C25H33N3O. The summed E-state index contributed by atoms with van der Waals surface area (Å²) in [6, 6.07) is 17.6. The molecule has 0 bridgehead atoms. The molecule has 1 saturated heterocycles. The maximum atomic E-state index is 13.2. The molecule has 4 heteroatoms. The van der Waals surface area contributed by atoms with Crippen molar-refractivity contribution in [3.05, 3.63) is 59.7 Å². The van der Waals surface area contributed by atoms with Crippen LogP contribution >= 0.6 is 0 Å². The van der Waals surface area contributed by atoms with E-state index in [2.05, 4.69) is 84.4 Å². The average molecular weight is 392 g/mol. The molecule has 0 radical (unpaired) electrons. The Bertz CT molecular complexity index is 845. The quantitative estimate of drug-likeness (QED) is 0.836. The number of fused-ring (bicyclic) bond motifs is 3. The molecular weight excluding hydrogens is 358 g/mol. The number of para-hydroxylation sites is 1. The van der Waals surface area contributed by atoms with Gasteiger partial charge in [-0.2, -0.15) is 0 Å². The third-order valence-electron chi connectivity index (χ3n) is 6.38. The first-order valence-corrected chi connectivity index (χ1v) is 11.0. The van der Waals surface area contributed by atoms with Gasteiger partial charge in [-0.25, -0.2) is 0 Å². The first-order valence-electron chi connectivity index (χ1n) is 11.0. The molecule has 154 valence electrons. The van der Waals surface area contributed by atoms with Crippen LogP contribution in [-0.4, -0.2) is 38.1 Å². The summed E-state index contributed by atoms with van der Waals surface area (Å²) in [4.78, 5) is 18.1. The number of aryl methyl sites for hydroxylation is 1. The van der Waals surface area contributed by atoms with Crippen LogP contribution in [0, 0.1) is 18.8 Å². The highest BCUT2D eigenvalue weighted by atomic mass is 16.1. The van der Waals surface area contributed by atoms with E-state index in [0.29, 0.717) is 5.92 Å². The van der Waals surface area contributed by atoms with Crippen LogP contribution in [0.5, 0.6) is 0 Å². The number of carbonyl (C=O) groups excluding carboxylic acids is 1. The van der Waals surface area contributed by atoms with Crippen LogP contribution in [0.15, 0.2) is 48.5 Å². The lowest BCUT2D eigenvalue weighted by Gasteiger charge is -2.49. The summed E-state index contributed by atoms with van der Waals surface area (Å²) < 4.78 is 0. The van der Waals surface area contributed by atoms with Crippen molar-refractivity contribution < 1.29 is 4.79 Å². The van der Waals surface area contributed by atoms with Gasteiger partial charge in [0.05, 0.1) is 12.0 Å². The van der Waals surface area contributed by atoms with E-state index in [9.17, 15) is 4.79 Å². The molecule has 1 N–H and O–H groups in total. The van der Waals surface area contributed by atoms with Crippen LogP contribution in [-0.2, 0) is 11.2 Å². The molecule has 0 saturated carbocycles. The lowest BCUT2D eigenvalue weighted by molar-refractivity contribution is -0.125. The second-order valence-corrected chi connectivity index (χ2v) is 8.96. The molecule has 29 heavy (non-hydrogen) atoms. The van der Waals surface area contributed by atoms with Gasteiger partial charge in [-0.05, 0) is 49.4 Å². The highest BCUT2D eigenvalue weighted by Gasteiger charge is 2.41. The summed E-state index contributed by atoms with van der Waals surface area (Å²) in [6.45, 7) is 10.1. The van der Waals surface area contributed by atoms with Crippen molar-refractivity contribution in [2.75, 3.05) is 36.0 Å². The Morgan fingerprint density at radius 3 is 2.62 bits per heavy atom.